The van der Waals surface area contributed by atoms with E-state index in [1.54, 1.807) is 0 Å². The fourth-order valence-electron chi connectivity index (χ4n) is 1.82. The van der Waals surface area contributed by atoms with Crippen LogP contribution < -0.4 is 5.32 Å². The van der Waals surface area contributed by atoms with Crippen LogP contribution in [0.1, 0.15) is 19.3 Å². The highest BCUT2D eigenvalue weighted by Crippen LogP contribution is 2.14. The molecular weight excluding hydrogens is 196 g/mol. The number of amides is 1. The van der Waals surface area contributed by atoms with E-state index in [1.165, 1.54) is 0 Å². The Morgan fingerprint density at radius 3 is 2.87 bits per heavy atom. The van der Waals surface area contributed by atoms with Gasteiger partial charge in [-0.25, -0.2) is 0 Å². The van der Waals surface area contributed by atoms with E-state index in [4.69, 9.17) is 5.11 Å². The highest BCUT2D eigenvalue weighted by Gasteiger charge is 2.23. The van der Waals surface area contributed by atoms with E-state index in [1.807, 2.05) is 7.05 Å². The number of nitrogens with zero attached hydrogens (tertiary/aromatic N) is 1. The van der Waals surface area contributed by atoms with Crippen molar-refractivity contribution >= 4 is 11.9 Å². The Hall–Kier alpha value is -1.10. The molecule has 0 radical (unpaired) electrons. The molecule has 1 heterocycles. The van der Waals surface area contributed by atoms with Gasteiger partial charge in [0.05, 0.1) is 12.3 Å². The summed E-state index contributed by atoms with van der Waals surface area (Å²) in [6.07, 6.45) is 1.94. The Balaban J connectivity index is 2.24. The molecule has 1 amide bonds. The van der Waals surface area contributed by atoms with Gasteiger partial charge in [0, 0.05) is 13.1 Å². The van der Waals surface area contributed by atoms with Crippen LogP contribution in [-0.2, 0) is 9.59 Å². The molecule has 1 atom stereocenters. The smallest absolute Gasteiger partial charge is 0.305 e. The van der Waals surface area contributed by atoms with Crippen LogP contribution in [-0.4, -0.2) is 48.6 Å². The third kappa shape index (κ3) is 4.29. The van der Waals surface area contributed by atoms with Crippen molar-refractivity contribution in [2.75, 3.05) is 26.7 Å². The van der Waals surface area contributed by atoms with Crippen LogP contribution in [0.5, 0.6) is 0 Å². The Bertz CT molecular complexity index is 243. The molecule has 5 heteroatoms. The lowest BCUT2D eigenvalue weighted by atomic mass is 9.97. The summed E-state index contributed by atoms with van der Waals surface area (Å²) in [7, 11) is 2.00. The van der Waals surface area contributed by atoms with Gasteiger partial charge in [-0.1, -0.05) is 0 Å². The Labute approximate surface area is 89.4 Å². The second-order valence-electron chi connectivity index (χ2n) is 4.04. The molecule has 86 valence electrons. The minimum atomic E-state index is -0.879. The van der Waals surface area contributed by atoms with E-state index < -0.39 is 5.97 Å². The monoisotopic (exact) mass is 214 g/mol. The molecule has 1 fully saturated rings. The van der Waals surface area contributed by atoms with Gasteiger partial charge >= 0.3 is 5.97 Å². The van der Waals surface area contributed by atoms with Gasteiger partial charge in [0.25, 0.3) is 0 Å². The summed E-state index contributed by atoms with van der Waals surface area (Å²) >= 11 is 0. The van der Waals surface area contributed by atoms with Crippen molar-refractivity contribution in [1.82, 2.24) is 10.2 Å². The molecule has 0 saturated carbocycles. The first-order chi connectivity index (χ1) is 7.09. The van der Waals surface area contributed by atoms with Gasteiger partial charge in [-0.15, -0.1) is 0 Å². The van der Waals surface area contributed by atoms with Gasteiger partial charge in [0.15, 0.2) is 0 Å². The van der Waals surface area contributed by atoms with E-state index in [-0.39, 0.29) is 24.8 Å². The van der Waals surface area contributed by atoms with Crippen molar-refractivity contribution in [1.29, 1.82) is 0 Å². The lowest BCUT2D eigenvalue weighted by Gasteiger charge is -2.28. The molecule has 1 unspecified atom stereocenters. The first-order valence-corrected chi connectivity index (χ1v) is 5.27. The number of carboxylic acid groups (broad SMARTS) is 1. The van der Waals surface area contributed by atoms with Crippen molar-refractivity contribution in [3.63, 3.8) is 0 Å². The molecule has 0 aromatic heterocycles. The van der Waals surface area contributed by atoms with Gasteiger partial charge in [-0.3, -0.25) is 9.59 Å². The van der Waals surface area contributed by atoms with Crippen molar-refractivity contribution in [2.24, 2.45) is 5.92 Å². The zero-order chi connectivity index (χ0) is 11.3. The van der Waals surface area contributed by atoms with Crippen LogP contribution in [0.2, 0.25) is 0 Å². The molecule has 1 saturated heterocycles. The number of carboxylic acids is 1. The summed E-state index contributed by atoms with van der Waals surface area (Å²) in [5.41, 5.74) is 0. The van der Waals surface area contributed by atoms with Crippen molar-refractivity contribution in [3.05, 3.63) is 0 Å². The largest absolute Gasteiger partial charge is 0.481 e. The van der Waals surface area contributed by atoms with Crippen LogP contribution in [0.15, 0.2) is 0 Å². The first kappa shape index (κ1) is 12.0. The van der Waals surface area contributed by atoms with E-state index in [9.17, 15) is 9.59 Å². The number of likely N-dealkylation sites (tertiary alicyclic amines) is 1. The Morgan fingerprint density at radius 2 is 2.27 bits per heavy atom. The quantitative estimate of drug-likeness (QED) is 0.686. The van der Waals surface area contributed by atoms with E-state index >= 15 is 0 Å². The summed E-state index contributed by atoms with van der Waals surface area (Å²) in [6.45, 7) is 2.05. The number of rotatable bonds is 4. The number of hydrogen-bond donors (Lipinski definition) is 2. The van der Waals surface area contributed by atoms with Gasteiger partial charge in [-0.05, 0) is 26.4 Å². The molecule has 0 aliphatic carbocycles. The highest BCUT2D eigenvalue weighted by atomic mass is 16.4. The molecule has 15 heavy (non-hydrogen) atoms. The summed E-state index contributed by atoms with van der Waals surface area (Å²) in [5.74, 6) is -0.864. The van der Waals surface area contributed by atoms with Crippen LogP contribution >= 0.6 is 0 Å². The number of piperidine rings is 1. The van der Waals surface area contributed by atoms with Crippen LogP contribution in [0, 0.1) is 5.92 Å². The fraction of sp³-hybridized carbons (Fsp3) is 0.800. The highest BCUT2D eigenvalue weighted by molar-refractivity contribution is 5.79. The molecule has 0 spiro atoms. The average Bonchev–Trinajstić information content (AvgIpc) is 2.17. The number of hydrogen-bond acceptors (Lipinski definition) is 3. The second-order valence-corrected chi connectivity index (χ2v) is 4.04. The van der Waals surface area contributed by atoms with Crippen molar-refractivity contribution in [3.8, 4) is 0 Å². The minimum absolute atomic E-state index is 0.00566. The van der Waals surface area contributed by atoms with Gasteiger partial charge in [0.1, 0.15) is 0 Å². The SMILES string of the molecule is CN1CCCC(C(=O)NCCC(=O)O)C1. The maximum absolute atomic E-state index is 11.6. The lowest BCUT2D eigenvalue weighted by Crippen LogP contribution is -2.41. The minimum Gasteiger partial charge on any atom is -0.481 e. The summed E-state index contributed by atoms with van der Waals surface area (Å²) < 4.78 is 0. The molecule has 0 bridgehead atoms. The van der Waals surface area contributed by atoms with Gasteiger partial charge in [0.2, 0.25) is 5.91 Å². The normalized spacial score (nSPS) is 22.3. The maximum atomic E-state index is 11.6. The molecule has 1 rings (SSSR count). The fourth-order valence-corrected chi connectivity index (χ4v) is 1.82. The van der Waals surface area contributed by atoms with Gasteiger partial charge < -0.3 is 15.3 Å². The summed E-state index contributed by atoms with van der Waals surface area (Å²) in [4.78, 5) is 24.0. The Kier molecular flexibility index (Phi) is 4.55. The third-order valence-electron chi connectivity index (χ3n) is 2.63. The van der Waals surface area contributed by atoms with Crippen molar-refractivity contribution in [2.45, 2.75) is 19.3 Å². The van der Waals surface area contributed by atoms with Crippen LogP contribution in [0.25, 0.3) is 0 Å². The van der Waals surface area contributed by atoms with Crippen LogP contribution in [0.3, 0.4) is 0 Å². The topological polar surface area (TPSA) is 69.6 Å². The number of aliphatic carboxylic acids is 1. The van der Waals surface area contributed by atoms with E-state index in [0.29, 0.717) is 0 Å². The van der Waals surface area contributed by atoms with E-state index in [2.05, 4.69) is 10.2 Å². The predicted molar refractivity (Wildman–Crippen MR) is 55.5 cm³/mol. The second kappa shape index (κ2) is 5.70. The molecule has 5 nitrogen and oxygen atoms in total. The molecule has 0 aromatic carbocycles. The third-order valence-corrected chi connectivity index (χ3v) is 2.63. The average molecular weight is 214 g/mol. The Morgan fingerprint density at radius 1 is 1.53 bits per heavy atom. The molecule has 1 aliphatic rings. The number of nitrogens with one attached hydrogen (secondary N) is 1. The zero-order valence-electron chi connectivity index (χ0n) is 9.03. The number of carbonyl (C=O) groups excluding carboxylic acids is 1. The van der Waals surface area contributed by atoms with Crippen LogP contribution in [0.4, 0.5) is 0 Å². The molecule has 0 aromatic rings. The molecule has 1 aliphatic heterocycles. The summed E-state index contributed by atoms with van der Waals surface area (Å²) in [6, 6.07) is 0. The lowest BCUT2D eigenvalue weighted by molar-refractivity contribution is -0.137. The standard InChI is InChI=1S/C10H18N2O3/c1-12-6-2-3-8(7-12)10(15)11-5-4-9(13)14/h8H,2-7H2,1H3,(H,11,15)(H,13,14). The number of carbonyl (C=O) groups is 2. The zero-order valence-corrected chi connectivity index (χ0v) is 9.03. The van der Waals surface area contributed by atoms with Gasteiger partial charge in [-0.2, -0.15) is 0 Å². The molecule has 2 N–H and O–H groups in total. The van der Waals surface area contributed by atoms with E-state index in [0.717, 1.165) is 25.9 Å². The maximum Gasteiger partial charge on any atom is 0.305 e. The molecular formula is C10H18N2O3. The summed E-state index contributed by atoms with van der Waals surface area (Å²) in [5, 5.41) is 11.1. The first-order valence-electron chi connectivity index (χ1n) is 5.27. The van der Waals surface area contributed by atoms with Crippen molar-refractivity contribution < 1.29 is 14.7 Å². The predicted octanol–water partition coefficient (Wildman–Crippen LogP) is -0.0809.